The highest BCUT2D eigenvalue weighted by atomic mass is 79.9. The summed E-state index contributed by atoms with van der Waals surface area (Å²) in [5, 5.41) is 4.29. The number of hydrogen-bond acceptors (Lipinski definition) is 4. The van der Waals surface area contributed by atoms with Crippen molar-refractivity contribution in [2.45, 2.75) is 20.0 Å². The highest BCUT2D eigenvalue weighted by Crippen LogP contribution is 2.28. The third-order valence-corrected chi connectivity index (χ3v) is 4.54. The van der Waals surface area contributed by atoms with Crippen LogP contribution in [0.15, 0.2) is 34.9 Å². The van der Waals surface area contributed by atoms with Crippen LogP contribution in [0.4, 0.5) is 5.69 Å². The number of hydrogen-bond donors (Lipinski definition) is 0. The molecule has 2 aromatic rings. The van der Waals surface area contributed by atoms with E-state index < -0.39 is 11.7 Å². The molecule has 0 bridgehead atoms. The second-order valence-corrected chi connectivity index (χ2v) is 6.34. The molecule has 0 atom stereocenters. The van der Waals surface area contributed by atoms with Crippen LogP contribution < -0.4 is 4.90 Å². The minimum Gasteiger partial charge on any atom is -0.291 e. The lowest BCUT2D eigenvalue weighted by Gasteiger charge is -2.24. The number of benzene rings is 1. The normalized spacial score (nSPS) is 14.0. The molecule has 1 aliphatic rings. The van der Waals surface area contributed by atoms with Gasteiger partial charge in [-0.15, -0.1) is 0 Å². The number of rotatable bonds is 5. The van der Waals surface area contributed by atoms with Crippen molar-refractivity contribution < 1.29 is 9.59 Å². The Balaban J connectivity index is 1.78. The third-order valence-electron chi connectivity index (χ3n) is 3.88. The number of nitrogens with zero attached hydrogens (tertiary/aromatic N) is 4. The fourth-order valence-electron chi connectivity index (χ4n) is 2.75. The number of carbonyl (C=O) groups excluding carboxylic acids is 2. The van der Waals surface area contributed by atoms with Gasteiger partial charge in [-0.25, -0.2) is 0 Å². The van der Waals surface area contributed by atoms with Gasteiger partial charge < -0.3 is 0 Å². The first-order valence-corrected chi connectivity index (χ1v) is 8.16. The second-order valence-electron chi connectivity index (χ2n) is 5.49. The standard InChI is InChI=1S/C16H17BrN4O2/c1-3-21-14(12(17)8-18-21)9-19(2)10-20-13-7-5-4-6-11(13)15(22)16(20)23/h4-8H,3,9-10H2,1-2H3. The van der Waals surface area contributed by atoms with Crippen LogP contribution in [0.5, 0.6) is 0 Å². The van der Waals surface area contributed by atoms with E-state index in [2.05, 4.69) is 21.0 Å². The summed E-state index contributed by atoms with van der Waals surface area (Å²) in [6.45, 7) is 3.78. The minimum atomic E-state index is -0.471. The molecule has 3 rings (SSSR count). The molecule has 23 heavy (non-hydrogen) atoms. The fraction of sp³-hybridized carbons (Fsp3) is 0.312. The maximum absolute atomic E-state index is 12.2. The summed E-state index contributed by atoms with van der Waals surface area (Å²) >= 11 is 3.50. The monoisotopic (exact) mass is 376 g/mol. The number of ketones is 1. The van der Waals surface area contributed by atoms with Crippen LogP contribution in [-0.2, 0) is 17.9 Å². The predicted molar refractivity (Wildman–Crippen MR) is 90.2 cm³/mol. The summed E-state index contributed by atoms with van der Waals surface area (Å²) in [7, 11) is 1.91. The van der Waals surface area contributed by atoms with Crippen LogP contribution in [0.3, 0.4) is 0 Å². The maximum Gasteiger partial charge on any atom is 0.300 e. The van der Waals surface area contributed by atoms with Crippen molar-refractivity contribution in [2.24, 2.45) is 0 Å². The van der Waals surface area contributed by atoms with Crippen LogP contribution in [0.1, 0.15) is 23.0 Å². The molecule has 0 fully saturated rings. The van der Waals surface area contributed by atoms with Crippen molar-refractivity contribution in [2.75, 3.05) is 18.6 Å². The zero-order chi connectivity index (χ0) is 16.6. The number of fused-ring (bicyclic) bond motifs is 1. The first-order valence-electron chi connectivity index (χ1n) is 7.37. The molecule has 1 aromatic heterocycles. The number of halogens is 1. The molecule has 7 heteroatoms. The summed E-state index contributed by atoms with van der Waals surface area (Å²) < 4.78 is 2.85. The van der Waals surface area contributed by atoms with Crippen molar-refractivity contribution in [1.29, 1.82) is 0 Å². The van der Waals surface area contributed by atoms with Gasteiger partial charge in [0.05, 0.1) is 34.3 Å². The first-order chi connectivity index (χ1) is 11.0. The van der Waals surface area contributed by atoms with E-state index in [0.29, 0.717) is 24.5 Å². The number of anilines is 1. The zero-order valence-corrected chi connectivity index (χ0v) is 14.6. The quantitative estimate of drug-likeness (QED) is 0.751. The summed E-state index contributed by atoms with van der Waals surface area (Å²) in [4.78, 5) is 27.8. The van der Waals surface area contributed by atoms with E-state index in [1.165, 1.54) is 4.90 Å². The Hall–Kier alpha value is -1.99. The van der Waals surface area contributed by atoms with Gasteiger partial charge in [0.2, 0.25) is 0 Å². The number of aromatic nitrogens is 2. The Morgan fingerprint density at radius 3 is 2.74 bits per heavy atom. The van der Waals surface area contributed by atoms with Crippen LogP contribution in [0.2, 0.25) is 0 Å². The molecule has 2 heterocycles. The van der Waals surface area contributed by atoms with Gasteiger partial charge in [-0.3, -0.25) is 24.1 Å². The van der Waals surface area contributed by atoms with Gasteiger partial charge in [-0.05, 0) is 42.0 Å². The number of carbonyl (C=O) groups is 2. The zero-order valence-electron chi connectivity index (χ0n) is 13.0. The number of aryl methyl sites for hydroxylation is 1. The molecule has 0 saturated heterocycles. The molecule has 1 aromatic carbocycles. The van der Waals surface area contributed by atoms with Crippen molar-refractivity contribution >= 4 is 33.3 Å². The summed E-state index contributed by atoms with van der Waals surface area (Å²) in [6, 6.07) is 7.10. The topological polar surface area (TPSA) is 58.4 Å². The minimum absolute atomic E-state index is 0.350. The van der Waals surface area contributed by atoms with Gasteiger partial charge >= 0.3 is 5.91 Å². The average molecular weight is 377 g/mol. The molecule has 120 valence electrons. The van der Waals surface area contributed by atoms with E-state index >= 15 is 0 Å². The molecule has 1 aliphatic heterocycles. The van der Waals surface area contributed by atoms with Crippen molar-refractivity contribution in [1.82, 2.24) is 14.7 Å². The number of para-hydroxylation sites is 1. The Bertz CT molecular complexity index is 771. The molecule has 0 N–H and O–H groups in total. The largest absolute Gasteiger partial charge is 0.300 e. The SMILES string of the molecule is CCn1ncc(Br)c1CN(C)CN1C(=O)C(=O)c2ccccc21. The van der Waals surface area contributed by atoms with Crippen molar-refractivity contribution in [3.63, 3.8) is 0 Å². The smallest absolute Gasteiger partial charge is 0.291 e. The molecule has 0 aliphatic carbocycles. The molecule has 0 spiro atoms. The van der Waals surface area contributed by atoms with Gasteiger partial charge in [0, 0.05) is 13.1 Å². The number of amides is 1. The highest BCUT2D eigenvalue weighted by Gasteiger charge is 2.35. The van der Waals surface area contributed by atoms with E-state index in [1.54, 1.807) is 24.4 Å². The van der Waals surface area contributed by atoms with Gasteiger partial charge in [0.25, 0.3) is 5.78 Å². The lowest BCUT2D eigenvalue weighted by molar-refractivity contribution is -0.114. The lowest BCUT2D eigenvalue weighted by atomic mass is 10.1. The van der Waals surface area contributed by atoms with Crippen LogP contribution in [0.25, 0.3) is 0 Å². The van der Waals surface area contributed by atoms with E-state index in [-0.39, 0.29) is 0 Å². The molecule has 6 nitrogen and oxygen atoms in total. The lowest BCUT2D eigenvalue weighted by Crippen LogP contribution is -2.39. The van der Waals surface area contributed by atoms with Gasteiger partial charge in [-0.2, -0.15) is 5.10 Å². The Kier molecular flexibility index (Phi) is 4.32. The molecule has 1 amide bonds. The third kappa shape index (κ3) is 2.82. The molecule has 0 radical (unpaired) electrons. The van der Waals surface area contributed by atoms with Crippen molar-refractivity contribution in [3.8, 4) is 0 Å². The van der Waals surface area contributed by atoms with Gasteiger partial charge in [0.15, 0.2) is 0 Å². The van der Waals surface area contributed by atoms with Crippen molar-refractivity contribution in [3.05, 3.63) is 46.2 Å². The van der Waals surface area contributed by atoms with Gasteiger partial charge in [0.1, 0.15) is 0 Å². The number of Topliss-reactive ketones (excluding diaryl/α,β-unsaturated/α-hetero) is 1. The summed E-state index contributed by atoms with van der Waals surface area (Å²) in [6.07, 6.45) is 1.77. The maximum atomic E-state index is 12.2. The van der Waals surface area contributed by atoms with Crippen LogP contribution in [0, 0.1) is 0 Å². The van der Waals surface area contributed by atoms with E-state index in [1.807, 2.05) is 29.6 Å². The van der Waals surface area contributed by atoms with Crippen LogP contribution >= 0.6 is 15.9 Å². The van der Waals surface area contributed by atoms with E-state index in [0.717, 1.165) is 16.7 Å². The second kappa shape index (κ2) is 6.25. The van der Waals surface area contributed by atoms with E-state index in [9.17, 15) is 9.59 Å². The molecular formula is C16H17BrN4O2. The Morgan fingerprint density at radius 1 is 1.26 bits per heavy atom. The highest BCUT2D eigenvalue weighted by molar-refractivity contribution is 9.10. The summed E-state index contributed by atoms with van der Waals surface area (Å²) in [5.74, 6) is -0.908. The Morgan fingerprint density at radius 2 is 2.00 bits per heavy atom. The molecule has 0 unspecified atom stereocenters. The van der Waals surface area contributed by atoms with E-state index in [4.69, 9.17) is 0 Å². The Labute approximate surface area is 142 Å². The molecule has 0 saturated carbocycles. The fourth-order valence-corrected chi connectivity index (χ4v) is 3.17. The average Bonchev–Trinajstić information content (AvgIpc) is 3.01. The van der Waals surface area contributed by atoms with Gasteiger partial charge in [-0.1, -0.05) is 12.1 Å². The van der Waals surface area contributed by atoms with Crippen LogP contribution in [-0.4, -0.2) is 40.1 Å². The predicted octanol–water partition coefficient (Wildman–Crippen LogP) is 2.28. The summed E-state index contributed by atoms with van der Waals surface area (Å²) in [5.41, 5.74) is 2.20. The molecular weight excluding hydrogens is 360 g/mol. The first kappa shape index (κ1) is 15.9.